The molecule has 0 unspecified atom stereocenters. The highest BCUT2D eigenvalue weighted by molar-refractivity contribution is 5.84. The van der Waals surface area contributed by atoms with Crippen molar-refractivity contribution in [1.29, 1.82) is 0 Å². The van der Waals surface area contributed by atoms with E-state index >= 15 is 0 Å². The van der Waals surface area contributed by atoms with Gasteiger partial charge in [-0.05, 0) is 49.4 Å². The Morgan fingerprint density at radius 1 is 1.21 bits per heavy atom. The zero-order chi connectivity index (χ0) is 19.7. The molecule has 0 bridgehead atoms. The van der Waals surface area contributed by atoms with Gasteiger partial charge in [0.25, 0.3) is 5.56 Å². The third-order valence-electron chi connectivity index (χ3n) is 5.72. The zero-order valence-electron chi connectivity index (χ0n) is 16.3. The lowest BCUT2D eigenvalue weighted by Gasteiger charge is -2.10. The maximum atomic E-state index is 12.7. The van der Waals surface area contributed by atoms with E-state index in [0.29, 0.717) is 23.4 Å². The van der Waals surface area contributed by atoms with Crippen LogP contribution in [0.3, 0.4) is 0 Å². The van der Waals surface area contributed by atoms with Crippen molar-refractivity contribution in [1.82, 2.24) is 19.4 Å². The lowest BCUT2D eigenvalue weighted by Crippen LogP contribution is -2.33. The fourth-order valence-corrected chi connectivity index (χ4v) is 3.86. The Bertz CT molecular complexity index is 1080. The third kappa shape index (κ3) is 3.56. The molecule has 28 heavy (non-hydrogen) atoms. The minimum atomic E-state index is -0.325. The summed E-state index contributed by atoms with van der Waals surface area (Å²) in [6.07, 6.45) is 9.10. The normalized spacial score (nSPS) is 14.6. The number of fused-ring (bicyclic) bond motifs is 1. The van der Waals surface area contributed by atoms with E-state index in [-0.39, 0.29) is 11.5 Å². The molecule has 1 N–H and O–H groups in total. The van der Waals surface area contributed by atoms with Gasteiger partial charge in [0.05, 0.1) is 11.9 Å². The number of aryl methyl sites for hydroxylation is 2. The van der Waals surface area contributed by atoms with Gasteiger partial charge in [-0.1, -0.05) is 31.7 Å². The Kier molecular flexibility index (Phi) is 4.98. The number of carbonyl (C=O) groups excluding carboxylic acids is 1. The van der Waals surface area contributed by atoms with Gasteiger partial charge in [0.2, 0.25) is 5.91 Å². The van der Waals surface area contributed by atoms with E-state index in [9.17, 15) is 9.59 Å². The van der Waals surface area contributed by atoms with Gasteiger partial charge in [0, 0.05) is 6.42 Å². The fraction of sp³-hybridized carbons (Fsp3) is 0.429. The highest BCUT2D eigenvalue weighted by Gasteiger charge is 2.17. The summed E-state index contributed by atoms with van der Waals surface area (Å²) in [6, 6.07) is 5.98. The van der Waals surface area contributed by atoms with Crippen LogP contribution in [-0.4, -0.2) is 25.3 Å². The Morgan fingerprint density at radius 3 is 2.75 bits per heavy atom. The molecule has 1 amide bonds. The SMILES string of the molecule is Cc1ccc(-n2ncc3c(=O)n(NC(=O)CCC4CCCC4)cnc32)cc1C. The van der Waals surface area contributed by atoms with Gasteiger partial charge in [-0.2, -0.15) is 5.10 Å². The van der Waals surface area contributed by atoms with Crippen LogP contribution in [0.4, 0.5) is 0 Å². The van der Waals surface area contributed by atoms with Crippen molar-refractivity contribution in [3.05, 3.63) is 52.2 Å². The van der Waals surface area contributed by atoms with Gasteiger partial charge in [0.15, 0.2) is 5.65 Å². The summed E-state index contributed by atoms with van der Waals surface area (Å²) < 4.78 is 2.81. The van der Waals surface area contributed by atoms with Crippen LogP contribution < -0.4 is 11.0 Å². The molecule has 3 aromatic rings. The van der Waals surface area contributed by atoms with Crippen LogP contribution >= 0.6 is 0 Å². The standard InChI is InChI=1S/C21H25N5O2/c1-14-7-9-17(11-15(14)2)26-20-18(12-23-26)21(28)25(13-22-20)24-19(27)10-8-16-5-3-4-6-16/h7,9,11-13,16H,3-6,8,10H2,1-2H3,(H,24,27). The maximum Gasteiger partial charge on any atom is 0.283 e. The molecule has 1 aliphatic rings. The first-order valence-corrected chi connectivity index (χ1v) is 9.86. The molecule has 2 heterocycles. The molecule has 7 nitrogen and oxygen atoms in total. The van der Waals surface area contributed by atoms with Crippen molar-refractivity contribution < 1.29 is 4.79 Å². The van der Waals surface area contributed by atoms with Crippen molar-refractivity contribution in [3.63, 3.8) is 0 Å². The predicted octanol–water partition coefficient (Wildman–Crippen LogP) is 3.24. The largest absolute Gasteiger partial charge is 0.283 e. The van der Waals surface area contributed by atoms with E-state index in [1.165, 1.54) is 43.8 Å². The molecule has 0 spiro atoms. The average molecular weight is 379 g/mol. The van der Waals surface area contributed by atoms with E-state index in [1.807, 2.05) is 32.0 Å². The molecule has 1 fully saturated rings. The molecule has 146 valence electrons. The van der Waals surface area contributed by atoms with Crippen molar-refractivity contribution in [2.24, 2.45) is 5.92 Å². The van der Waals surface area contributed by atoms with Crippen LogP contribution in [0.2, 0.25) is 0 Å². The third-order valence-corrected chi connectivity index (χ3v) is 5.72. The monoisotopic (exact) mass is 379 g/mol. The quantitative estimate of drug-likeness (QED) is 0.738. The van der Waals surface area contributed by atoms with Crippen molar-refractivity contribution >= 4 is 16.9 Å². The first-order chi connectivity index (χ1) is 13.5. The number of rotatable bonds is 5. The number of benzene rings is 1. The lowest BCUT2D eigenvalue weighted by atomic mass is 10.0. The van der Waals surface area contributed by atoms with Crippen LogP contribution in [0, 0.1) is 19.8 Å². The van der Waals surface area contributed by atoms with Gasteiger partial charge >= 0.3 is 0 Å². The smallest absolute Gasteiger partial charge is 0.273 e. The van der Waals surface area contributed by atoms with Gasteiger partial charge in [-0.25, -0.2) is 14.3 Å². The number of hydrogen-bond acceptors (Lipinski definition) is 4. The van der Waals surface area contributed by atoms with Gasteiger partial charge in [-0.3, -0.25) is 15.0 Å². The Hall–Kier alpha value is -2.96. The van der Waals surface area contributed by atoms with E-state index in [4.69, 9.17) is 0 Å². The van der Waals surface area contributed by atoms with E-state index in [1.54, 1.807) is 4.68 Å². The summed E-state index contributed by atoms with van der Waals surface area (Å²) in [7, 11) is 0. The molecule has 0 aliphatic heterocycles. The molecule has 2 aromatic heterocycles. The second-order valence-corrected chi connectivity index (χ2v) is 7.71. The lowest BCUT2D eigenvalue weighted by molar-refractivity contribution is -0.117. The van der Waals surface area contributed by atoms with Crippen molar-refractivity contribution in [2.75, 3.05) is 5.43 Å². The average Bonchev–Trinajstić information content (AvgIpc) is 3.34. The van der Waals surface area contributed by atoms with E-state index < -0.39 is 0 Å². The number of aromatic nitrogens is 4. The molecule has 1 aromatic carbocycles. The van der Waals surface area contributed by atoms with Crippen LogP contribution in [0.15, 0.2) is 35.5 Å². The summed E-state index contributed by atoms with van der Waals surface area (Å²) >= 11 is 0. The van der Waals surface area contributed by atoms with Crippen LogP contribution in [0.25, 0.3) is 16.7 Å². The van der Waals surface area contributed by atoms with Gasteiger partial charge in [0.1, 0.15) is 11.7 Å². The summed E-state index contributed by atoms with van der Waals surface area (Å²) in [5.74, 6) is 0.482. The van der Waals surface area contributed by atoms with Crippen molar-refractivity contribution in [3.8, 4) is 5.69 Å². The first kappa shape index (κ1) is 18.4. The molecule has 0 saturated heterocycles. The number of nitrogens with one attached hydrogen (secondary N) is 1. The summed E-state index contributed by atoms with van der Waals surface area (Å²) in [5, 5.41) is 4.71. The minimum absolute atomic E-state index is 0.156. The topological polar surface area (TPSA) is 81.8 Å². The summed E-state index contributed by atoms with van der Waals surface area (Å²) in [6.45, 7) is 4.08. The molecule has 0 radical (unpaired) electrons. The molecule has 1 aliphatic carbocycles. The van der Waals surface area contributed by atoms with Crippen LogP contribution in [0.5, 0.6) is 0 Å². The summed E-state index contributed by atoms with van der Waals surface area (Å²) in [5.41, 5.74) is 5.99. The molecule has 7 heteroatoms. The van der Waals surface area contributed by atoms with Gasteiger partial charge < -0.3 is 0 Å². The minimum Gasteiger partial charge on any atom is -0.273 e. The second kappa shape index (κ2) is 7.58. The molecule has 4 rings (SSSR count). The number of carbonyl (C=O) groups is 1. The summed E-state index contributed by atoms with van der Waals surface area (Å²) in [4.78, 5) is 29.3. The second-order valence-electron chi connectivity index (χ2n) is 7.71. The van der Waals surface area contributed by atoms with E-state index in [0.717, 1.165) is 22.3 Å². The first-order valence-electron chi connectivity index (χ1n) is 9.86. The van der Waals surface area contributed by atoms with E-state index in [2.05, 4.69) is 15.5 Å². The van der Waals surface area contributed by atoms with Gasteiger partial charge in [-0.15, -0.1) is 0 Å². The molecular weight excluding hydrogens is 354 g/mol. The van der Waals surface area contributed by atoms with Crippen LogP contribution in [0.1, 0.15) is 49.7 Å². The molecular formula is C21H25N5O2. The van der Waals surface area contributed by atoms with Crippen LogP contribution in [-0.2, 0) is 4.79 Å². The zero-order valence-corrected chi connectivity index (χ0v) is 16.3. The fourth-order valence-electron chi connectivity index (χ4n) is 3.86. The Morgan fingerprint density at radius 2 is 2.00 bits per heavy atom. The number of amides is 1. The highest BCUT2D eigenvalue weighted by Crippen LogP contribution is 2.28. The maximum absolute atomic E-state index is 12.7. The number of hydrogen-bond donors (Lipinski definition) is 1. The Labute approximate surface area is 163 Å². The highest BCUT2D eigenvalue weighted by atomic mass is 16.2. The molecule has 1 saturated carbocycles. The van der Waals surface area contributed by atoms with Crippen molar-refractivity contribution in [2.45, 2.75) is 52.4 Å². The predicted molar refractivity (Wildman–Crippen MR) is 108 cm³/mol. The Balaban J connectivity index is 1.55. The molecule has 0 atom stereocenters. The number of nitrogens with zero attached hydrogens (tertiary/aromatic N) is 4.